The Balaban J connectivity index is 1.33. The van der Waals surface area contributed by atoms with Gasteiger partial charge in [-0.1, -0.05) is 6.07 Å². The monoisotopic (exact) mass is 486 g/mol. The van der Waals surface area contributed by atoms with Gasteiger partial charge in [0.1, 0.15) is 17.0 Å². The van der Waals surface area contributed by atoms with Crippen LogP contribution in [0.2, 0.25) is 0 Å². The number of carbonyl (C=O) groups is 3. The van der Waals surface area contributed by atoms with E-state index in [-0.39, 0.29) is 18.3 Å². The number of rotatable bonds is 4. The molecule has 0 bridgehead atoms. The number of ketones is 1. The molecule has 190 valence electrons. The Labute approximate surface area is 205 Å². The third kappa shape index (κ3) is 6.61. The number of hydroxylamine groups is 1. The topological polar surface area (TPSA) is 103 Å². The number of fused-ring (bicyclic) bond motifs is 1. The molecule has 3 aliphatic rings. The van der Waals surface area contributed by atoms with Gasteiger partial charge in [0.2, 0.25) is 0 Å². The molecule has 2 amide bonds. The highest BCUT2D eigenvalue weighted by atomic mass is 16.8. The van der Waals surface area contributed by atoms with Gasteiger partial charge in [-0.2, -0.15) is 0 Å². The summed E-state index contributed by atoms with van der Waals surface area (Å²) in [6.45, 7) is 7.10. The number of hydrogen-bond donors (Lipinski definition) is 1. The van der Waals surface area contributed by atoms with Crippen molar-refractivity contribution in [2.45, 2.75) is 76.8 Å². The van der Waals surface area contributed by atoms with Gasteiger partial charge in [-0.15, -0.1) is 0 Å². The largest absolute Gasteiger partial charge is 0.486 e. The van der Waals surface area contributed by atoms with Crippen molar-refractivity contribution in [1.82, 2.24) is 10.4 Å². The highest BCUT2D eigenvalue weighted by Gasteiger charge is 2.44. The number of benzene rings is 1. The van der Waals surface area contributed by atoms with Crippen LogP contribution in [0, 0.1) is 0 Å². The highest BCUT2D eigenvalue weighted by Crippen LogP contribution is 2.40. The smallest absolute Gasteiger partial charge is 0.410 e. The van der Waals surface area contributed by atoms with Crippen LogP contribution < -0.4 is 10.2 Å². The molecule has 9 nitrogen and oxygen atoms in total. The van der Waals surface area contributed by atoms with Crippen LogP contribution in [0.5, 0.6) is 5.75 Å². The lowest BCUT2D eigenvalue weighted by atomic mass is 9.82. The van der Waals surface area contributed by atoms with Crippen molar-refractivity contribution in [1.29, 1.82) is 0 Å². The molecule has 0 aliphatic carbocycles. The van der Waals surface area contributed by atoms with Crippen LogP contribution in [-0.4, -0.2) is 59.9 Å². The van der Waals surface area contributed by atoms with E-state index < -0.39 is 23.4 Å². The van der Waals surface area contributed by atoms with Gasteiger partial charge in [0.05, 0.1) is 12.0 Å². The number of ether oxygens (including phenoxy) is 3. The predicted molar refractivity (Wildman–Crippen MR) is 128 cm³/mol. The summed E-state index contributed by atoms with van der Waals surface area (Å²) in [4.78, 5) is 44.4. The average molecular weight is 487 g/mol. The molecule has 1 N–H and O–H groups in total. The van der Waals surface area contributed by atoms with Crippen LogP contribution in [0.4, 0.5) is 4.79 Å². The van der Waals surface area contributed by atoms with Crippen LogP contribution in [0.25, 0.3) is 6.08 Å². The van der Waals surface area contributed by atoms with Crippen LogP contribution >= 0.6 is 0 Å². The molecule has 3 aliphatic heterocycles. The predicted octanol–water partition coefficient (Wildman–Crippen LogP) is 4.01. The van der Waals surface area contributed by atoms with Gasteiger partial charge in [-0.3, -0.25) is 9.59 Å². The van der Waals surface area contributed by atoms with Crippen molar-refractivity contribution in [3.8, 4) is 5.75 Å². The minimum absolute atomic E-state index is 0.00514. The summed E-state index contributed by atoms with van der Waals surface area (Å²) in [5.74, 6) is 0.121. The first-order chi connectivity index (χ1) is 16.6. The molecule has 2 saturated heterocycles. The lowest BCUT2D eigenvalue weighted by Gasteiger charge is -2.44. The van der Waals surface area contributed by atoms with Crippen molar-refractivity contribution in [3.63, 3.8) is 0 Å². The molecule has 2 fully saturated rings. The number of nitrogens with zero attached hydrogens (tertiary/aromatic N) is 1. The Bertz CT molecular complexity index is 984. The molecule has 4 rings (SSSR count). The molecule has 0 saturated carbocycles. The van der Waals surface area contributed by atoms with E-state index in [4.69, 9.17) is 19.0 Å². The van der Waals surface area contributed by atoms with E-state index in [2.05, 4.69) is 5.48 Å². The normalized spacial score (nSPS) is 22.0. The standard InChI is InChI=1S/C26H34N2O7/c1-25(2,3)34-24(31)28-13-11-26(12-14-28)17-20(29)19-16-18(7-9-21(19)33-26)8-10-22(30)27-35-23-6-4-5-15-32-23/h7-10,16,23H,4-6,11-15,17H2,1-3H3,(H,27,30). The maximum absolute atomic E-state index is 13.0. The fourth-order valence-electron chi connectivity index (χ4n) is 4.45. The molecule has 35 heavy (non-hydrogen) atoms. The number of nitrogens with one attached hydrogen (secondary N) is 1. The average Bonchev–Trinajstić information content (AvgIpc) is 2.81. The summed E-state index contributed by atoms with van der Waals surface area (Å²) in [6, 6.07) is 5.30. The summed E-state index contributed by atoms with van der Waals surface area (Å²) in [6.07, 6.45) is 6.35. The molecule has 1 aromatic rings. The van der Waals surface area contributed by atoms with E-state index in [0.717, 1.165) is 19.3 Å². The quantitative estimate of drug-likeness (QED) is 0.507. The number of likely N-dealkylation sites (tertiary alicyclic amines) is 1. The minimum atomic E-state index is -0.613. The Morgan fingerprint density at radius 3 is 2.66 bits per heavy atom. The Hall–Kier alpha value is -2.91. The molecule has 1 spiro atoms. The van der Waals surface area contributed by atoms with Crippen molar-refractivity contribution >= 4 is 23.9 Å². The maximum atomic E-state index is 13.0. The summed E-state index contributed by atoms with van der Waals surface area (Å²) >= 11 is 0. The fourth-order valence-corrected chi connectivity index (χ4v) is 4.45. The second-order valence-corrected chi connectivity index (χ2v) is 10.3. The van der Waals surface area contributed by atoms with Crippen molar-refractivity contribution in [2.24, 2.45) is 0 Å². The molecule has 3 heterocycles. The summed E-state index contributed by atoms with van der Waals surface area (Å²) in [7, 11) is 0. The minimum Gasteiger partial charge on any atom is -0.486 e. The number of hydrogen-bond acceptors (Lipinski definition) is 7. The highest BCUT2D eigenvalue weighted by molar-refractivity contribution is 6.01. The van der Waals surface area contributed by atoms with E-state index in [9.17, 15) is 14.4 Å². The zero-order valence-corrected chi connectivity index (χ0v) is 20.6. The molecule has 0 aromatic heterocycles. The Kier molecular flexibility index (Phi) is 7.47. The van der Waals surface area contributed by atoms with E-state index in [1.165, 1.54) is 6.08 Å². The number of amides is 2. The molecular formula is C26H34N2O7. The van der Waals surface area contributed by atoms with Gasteiger partial charge in [-0.05, 0) is 57.4 Å². The molecule has 1 atom stereocenters. The molecule has 9 heteroatoms. The third-order valence-corrected chi connectivity index (χ3v) is 6.30. The van der Waals surface area contributed by atoms with E-state index in [1.807, 2.05) is 20.8 Å². The first-order valence-electron chi connectivity index (χ1n) is 12.2. The number of carbonyl (C=O) groups excluding carboxylic acids is 3. The molecular weight excluding hydrogens is 452 g/mol. The Morgan fingerprint density at radius 1 is 1.20 bits per heavy atom. The van der Waals surface area contributed by atoms with Crippen LogP contribution in [0.1, 0.15) is 75.2 Å². The molecule has 1 unspecified atom stereocenters. The second-order valence-electron chi connectivity index (χ2n) is 10.3. The third-order valence-electron chi connectivity index (χ3n) is 6.30. The van der Waals surface area contributed by atoms with Crippen LogP contribution in [0.3, 0.4) is 0 Å². The van der Waals surface area contributed by atoms with Gasteiger partial charge in [0, 0.05) is 45.0 Å². The summed E-state index contributed by atoms with van der Waals surface area (Å²) in [5, 5.41) is 0. The van der Waals surface area contributed by atoms with Crippen LogP contribution in [-0.2, 0) is 19.1 Å². The number of piperidine rings is 1. The van der Waals surface area contributed by atoms with Crippen molar-refractivity contribution < 1.29 is 33.4 Å². The van der Waals surface area contributed by atoms with Gasteiger partial charge in [0.15, 0.2) is 12.1 Å². The lowest BCUT2D eigenvalue weighted by Crippen LogP contribution is -2.52. The maximum Gasteiger partial charge on any atom is 0.410 e. The van der Waals surface area contributed by atoms with Gasteiger partial charge < -0.3 is 19.1 Å². The van der Waals surface area contributed by atoms with Gasteiger partial charge in [-0.25, -0.2) is 15.1 Å². The zero-order chi connectivity index (χ0) is 25.1. The molecule has 0 radical (unpaired) electrons. The van der Waals surface area contributed by atoms with Crippen molar-refractivity contribution in [2.75, 3.05) is 19.7 Å². The first kappa shape index (κ1) is 25.2. The van der Waals surface area contributed by atoms with E-state index in [0.29, 0.717) is 49.4 Å². The fraction of sp³-hybridized carbons (Fsp3) is 0.577. The summed E-state index contributed by atoms with van der Waals surface area (Å²) in [5.41, 5.74) is 2.42. The second kappa shape index (κ2) is 10.4. The van der Waals surface area contributed by atoms with Crippen molar-refractivity contribution in [3.05, 3.63) is 35.4 Å². The molecule has 1 aromatic carbocycles. The van der Waals surface area contributed by atoms with E-state index >= 15 is 0 Å². The van der Waals surface area contributed by atoms with Gasteiger partial charge >= 0.3 is 6.09 Å². The number of Topliss-reactive ketones (excluding diaryl/α,β-unsaturated/α-hetero) is 1. The van der Waals surface area contributed by atoms with Gasteiger partial charge in [0.25, 0.3) is 5.91 Å². The lowest BCUT2D eigenvalue weighted by molar-refractivity contribution is -0.198. The SMILES string of the molecule is CC(C)(C)OC(=O)N1CCC2(CC1)CC(=O)c1cc(C=CC(=O)NOC3CCCCO3)ccc1O2. The zero-order valence-electron chi connectivity index (χ0n) is 20.6. The first-order valence-corrected chi connectivity index (χ1v) is 12.2. The van der Waals surface area contributed by atoms with E-state index in [1.54, 1.807) is 29.2 Å². The summed E-state index contributed by atoms with van der Waals surface area (Å²) < 4.78 is 17.2. The Morgan fingerprint density at radius 2 is 1.97 bits per heavy atom. The van der Waals surface area contributed by atoms with Crippen LogP contribution in [0.15, 0.2) is 24.3 Å².